The van der Waals surface area contributed by atoms with Crippen molar-refractivity contribution in [3.8, 4) is 0 Å². The molecule has 0 heterocycles. The van der Waals surface area contributed by atoms with Gasteiger partial charge in [-0.3, -0.25) is 4.79 Å². The molecule has 0 bridgehead atoms. The van der Waals surface area contributed by atoms with Gasteiger partial charge in [0.2, 0.25) is 2.57 Å². The van der Waals surface area contributed by atoms with E-state index in [1.165, 1.54) is 0 Å². The van der Waals surface area contributed by atoms with Crippen molar-refractivity contribution < 1.29 is 9.90 Å². The molecule has 2 N–H and O–H groups in total. The fourth-order valence-electron chi connectivity index (χ4n) is 0.276. The molecular formula is C4H7Br2NO2S. The van der Waals surface area contributed by atoms with Crippen LogP contribution in [0.15, 0.2) is 0 Å². The lowest BCUT2D eigenvalue weighted by Gasteiger charge is -2.11. The SMILES string of the molecule is O=C(NCCO)C(S)(Br)Br. The number of carbonyl (C=O) groups excluding carboxylic acids is 1. The number of rotatable bonds is 3. The highest BCUT2D eigenvalue weighted by Crippen LogP contribution is 2.30. The summed E-state index contributed by atoms with van der Waals surface area (Å²) in [6.07, 6.45) is 0. The minimum Gasteiger partial charge on any atom is -0.395 e. The van der Waals surface area contributed by atoms with Crippen LogP contribution in [0.25, 0.3) is 0 Å². The van der Waals surface area contributed by atoms with Crippen molar-refractivity contribution in [2.75, 3.05) is 13.2 Å². The van der Waals surface area contributed by atoms with Gasteiger partial charge in [0.15, 0.2) is 0 Å². The van der Waals surface area contributed by atoms with Crippen LogP contribution in [0.3, 0.4) is 0 Å². The molecule has 0 radical (unpaired) electrons. The molecular weight excluding hydrogens is 286 g/mol. The highest BCUT2D eigenvalue weighted by Gasteiger charge is 2.26. The van der Waals surface area contributed by atoms with Crippen LogP contribution in [-0.4, -0.2) is 26.7 Å². The molecule has 0 saturated carbocycles. The molecule has 0 atom stereocenters. The Bertz CT molecular complexity index is 125. The van der Waals surface area contributed by atoms with Crippen molar-refractivity contribution >= 4 is 50.4 Å². The average molecular weight is 293 g/mol. The topological polar surface area (TPSA) is 49.3 Å². The second kappa shape index (κ2) is 4.58. The maximum atomic E-state index is 10.8. The fourth-order valence-corrected chi connectivity index (χ4v) is 0.635. The smallest absolute Gasteiger partial charge is 0.257 e. The lowest BCUT2D eigenvalue weighted by Crippen LogP contribution is -2.35. The zero-order valence-corrected chi connectivity index (χ0v) is 9.04. The Balaban J connectivity index is 3.64. The predicted molar refractivity (Wildman–Crippen MR) is 49.7 cm³/mol. The molecule has 0 aromatic carbocycles. The Kier molecular flexibility index (Phi) is 4.92. The first kappa shape index (κ1) is 10.7. The van der Waals surface area contributed by atoms with Gasteiger partial charge in [0.25, 0.3) is 5.91 Å². The third kappa shape index (κ3) is 4.54. The van der Waals surface area contributed by atoms with Crippen LogP contribution in [0.1, 0.15) is 0 Å². The second-order valence-corrected chi connectivity index (χ2v) is 6.86. The molecule has 1 amide bonds. The van der Waals surface area contributed by atoms with E-state index < -0.39 is 2.57 Å². The molecule has 0 fully saturated rings. The molecule has 0 rings (SSSR count). The van der Waals surface area contributed by atoms with Gasteiger partial charge in [0, 0.05) is 6.54 Å². The molecule has 10 heavy (non-hydrogen) atoms. The molecule has 0 aromatic heterocycles. The summed E-state index contributed by atoms with van der Waals surface area (Å²) in [6, 6.07) is 0. The molecule has 0 aliphatic rings. The van der Waals surface area contributed by atoms with E-state index in [4.69, 9.17) is 5.11 Å². The van der Waals surface area contributed by atoms with E-state index in [-0.39, 0.29) is 19.1 Å². The van der Waals surface area contributed by atoms with Crippen molar-refractivity contribution in [3.05, 3.63) is 0 Å². The molecule has 0 unspecified atom stereocenters. The standard InChI is InChI=1S/C4H7Br2NO2S/c5-4(6,10)3(9)7-1-2-8/h8,10H,1-2H2,(H,7,9). The minimum absolute atomic E-state index is 0.0738. The van der Waals surface area contributed by atoms with Crippen LogP contribution in [-0.2, 0) is 4.79 Å². The highest BCUT2D eigenvalue weighted by molar-refractivity contribution is 9.28. The van der Waals surface area contributed by atoms with E-state index in [1.807, 2.05) is 0 Å². The van der Waals surface area contributed by atoms with Gasteiger partial charge in [-0.2, -0.15) is 0 Å². The Morgan fingerprint density at radius 1 is 1.70 bits per heavy atom. The molecule has 60 valence electrons. The van der Waals surface area contributed by atoms with Crippen molar-refractivity contribution in [2.45, 2.75) is 2.57 Å². The summed E-state index contributed by atoms with van der Waals surface area (Å²) in [5.41, 5.74) is 0. The van der Waals surface area contributed by atoms with E-state index in [0.29, 0.717) is 0 Å². The zero-order valence-electron chi connectivity index (χ0n) is 4.97. The summed E-state index contributed by atoms with van der Waals surface area (Å²) >= 11 is 9.78. The van der Waals surface area contributed by atoms with Gasteiger partial charge in [-0.15, -0.1) is 12.6 Å². The maximum Gasteiger partial charge on any atom is 0.257 e. The third-order valence-corrected chi connectivity index (χ3v) is 1.59. The molecule has 0 spiro atoms. The summed E-state index contributed by atoms with van der Waals surface area (Å²) in [4.78, 5) is 10.8. The molecule has 6 heteroatoms. The van der Waals surface area contributed by atoms with Crippen molar-refractivity contribution in [1.29, 1.82) is 0 Å². The number of alkyl halides is 2. The highest BCUT2D eigenvalue weighted by atomic mass is 79.9. The van der Waals surface area contributed by atoms with E-state index in [2.05, 4.69) is 49.8 Å². The molecule has 0 saturated heterocycles. The lowest BCUT2D eigenvalue weighted by atomic mass is 10.6. The number of hydrogen-bond acceptors (Lipinski definition) is 3. The van der Waals surface area contributed by atoms with Gasteiger partial charge in [-0.25, -0.2) is 0 Å². The van der Waals surface area contributed by atoms with E-state index in [1.54, 1.807) is 0 Å². The van der Waals surface area contributed by atoms with Crippen molar-refractivity contribution in [2.24, 2.45) is 0 Å². The zero-order chi connectivity index (χ0) is 8.20. The van der Waals surface area contributed by atoms with Crippen LogP contribution < -0.4 is 5.32 Å². The van der Waals surface area contributed by atoms with Crippen LogP contribution >= 0.6 is 44.5 Å². The number of aliphatic hydroxyl groups is 1. The molecule has 0 aliphatic heterocycles. The summed E-state index contributed by atoms with van der Waals surface area (Å²) in [6.45, 7) is 0.161. The van der Waals surface area contributed by atoms with Gasteiger partial charge in [-0.05, 0) is 31.9 Å². The predicted octanol–water partition coefficient (Wildman–Crippen LogP) is 0.468. The van der Waals surface area contributed by atoms with E-state index in [0.717, 1.165) is 0 Å². The number of nitrogens with one attached hydrogen (secondary N) is 1. The Labute approximate surface area is 81.2 Å². The number of aliphatic hydroxyl groups excluding tert-OH is 1. The number of carbonyl (C=O) groups is 1. The van der Waals surface area contributed by atoms with Crippen molar-refractivity contribution in [1.82, 2.24) is 5.32 Å². The largest absolute Gasteiger partial charge is 0.395 e. The summed E-state index contributed by atoms with van der Waals surface area (Å²) in [5, 5.41) is 10.7. The normalized spacial score (nSPS) is 11.2. The van der Waals surface area contributed by atoms with Gasteiger partial charge in [0.1, 0.15) is 0 Å². The Morgan fingerprint density at radius 2 is 2.20 bits per heavy atom. The monoisotopic (exact) mass is 291 g/mol. The van der Waals surface area contributed by atoms with Gasteiger partial charge < -0.3 is 10.4 Å². The molecule has 0 aliphatic carbocycles. The van der Waals surface area contributed by atoms with Crippen LogP contribution in [0, 0.1) is 0 Å². The van der Waals surface area contributed by atoms with Crippen molar-refractivity contribution in [3.63, 3.8) is 0 Å². The number of halogens is 2. The van der Waals surface area contributed by atoms with Crippen LogP contribution in [0.5, 0.6) is 0 Å². The minimum atomic E-state index is -1.03. The Morgan fingerprint density at radius 3 is 2.50 bits per heavy atom. The van der Waals surface area contributed by atoms with Gasteiger partial charge in [0.05, 0.1) is 6.61 Å². The summed E-state index contributed by atoms with van der Waals surface area (Å²) in [7, 11) is 0. The summed E-state index contributed by atoms with van der Waals surface area (Å²) in [5.74, 6) is -0.329. The van der Waals surface area contributed by atoms with E-state index >= 15 is 0 Å². The van der Waals surface area contributed by atoms with E-state index in [9.17, 15) is 4.79 Å². The number of amides is 1. The quantitative estimate of drug-likeness (QED) is 0.523. The Hall–Kier alpha value is 0.740. The van der Waals surface area contributed by atoms with Gasteiger partial charge >= 0.3 is 0 Å². The summed E-state index contributed by atoms with van der Waals surface area (Å²) < 4.78 is -1.03. The van der Waals surface area contributed by atoms with Gasteiger partial charge in [-0.1, -0.05) is 0 Å². The maximum absolute atomic E-state index is 10.8. The average Bonchev–Trinajstić information content (AvgIpc) is 1.80. The first-order valence-electron chi connectivity index (χ1n) is 2.48. The number of hydrogen-bond donors (Lipinski definition) is 3. The first-order chi connectivity index (χ1) is 4.48. The number of thiol groups is 1. The lowest BCUT2D eigenvalue weighted by molar-refractivity contribution is -0.119. The molecule has 0 aromatic rings. The second-order valence-electron chi connectivity index (χ2n) is 1.52. The van der Waals surface area contributed by atoms with Crippen LogP contribution in [0.2, 0.25) is 0 Å². The molecule has 3 nitrogen and oxygen atoms in total. The fraction of sp³-hybridized carbons (Fsp3) is 0.750. The first-order valence-corrected chi connectivity index (χ1v) is 4.51. The third-order valence-electron chi connectivity index (χ3n) is 0.671. The van der Waals surface area contributed by atoms with Crippen LogP contribution in [0.4, 0.5) is 0 Å².